The van der Waals surface area contributed by atoms with Crippen LogP contribution >= 0.6 is 11.8 Å². The smallest absolute Gasteiger partial charge is 0.0982 e. The zero-order valence-electron chi connectivity index (χ0n) is 9.63. The topological polar surface area (TPSA) is 41.6 Å². The molecule has 0 unspecified atom stereocenters. The Labute approximate surface area is 105 Å². The summed E-state index contributed by atoms with van der Waals surface area (Å²) in [6.45, 7) is 0. The highest BCUT2D eigenvalue weighted by atomic mass is 32.2. The van der Waals surface area contributed by atoms with Crippen molar-refractivity contribution in [2.75, 3.05) is 0 Å². The van der Waals surface area contributed by atoms with Gasteiger partial charge in [0.2, 0.25) is 0 Å². The van der Waals surface area contributed by atoms with Gasteiger partial charge >= 0.3 is 0 Å². The van der Waals surface area contributed by atoms with E-state index in [0.29, 0.717) is 6.42 Å². The zero-order valence-corrected chi connectivity index (χ0v) is 10.4. The number of hydrogen-bond acceptors (Lipinski definition) is 3. The quantitative estimate of drug-likeness (QED) is 0.775. The minimum atomic E-state index is 0.422. The van der Waals surface area contributed by atoms with Crippen LogP contribution in [0.2, 0.25) is 0 Å². The van der Waals surface area contributed by atoms with Crippen molar-refractivity contribution in [3.05, 3.63) is 47.7 Å². The van der Waals surface area contributed by atoms with Gasteiger partial charge in [0, 0.05) is 18.4 Å². The van der Waals surface area contributed by atoms with E-state index in [-0.39, 0.29) is 0 Å². The minimum absolute atomic E-state index is 0.422. The number of aromatic nitrogens is 2. The van der Waals surface area contributed by atoms with E-state index >= 15 is 0 Å². The largest absolute Gasteiger partial charge is 0.262 e. The molecule has 0 bridgehead atoms. The maximum absolute atomic E-state index is 8.74. The van der Waals surface area contributed by atoms with Gasteiger partial charge in [-0.1, -0.05) is 30.3 Å². The summed E-state index contributed by atoms with van der Waals surface area (Å²) in [5.41, 5.74) is 2.29. The Morgan fingerprint density at radius 2 is 2.12 bits per heavy atom. The lowest BCUT2D eigenvalue weighted by Gasteiger charge is -2.04. The Kier molecular flexibility index (Phi) is 3.84. The monoisotopic (exact) mass is 243 g/mol. The van der Waals surface area contributed by atoms with Crippen LogP contribution in [-0.2, 0) is 19.2 Å². The lowest BCUT2D eigenvalue weighted by molar-refractivity contribution is 0.695. The van der Waals surface area contributed by atoms with Crippen molar-refractivity contribution < 1.29 is 0 Å². The highest BCUT2D eigenvalue weighted by Gasteiger charge is 2.08. The molecule has 2 rings (SSSR count). The molecule has 0 saturated heterocycles. The van der Waals surface area contributed by atoms with Crippen molar-refractivity contribution >= 4 is 11.8 Å². The van der Waals surface area contributed by atoms with Gasteiger partial charge in [-0.05, 0) is 5.56 Å². The summed E-state index contributed by atoms with van der Waals surface area (Å²) in [5.74, 6) is 0.902. The first-order chi connectivity index (χ1) is 8.31. The number of hydrogen-bond donors (Lipinski definition) is 0. The van der Waals surface area contributed by atoms with Crippen molar-refractivity contribution in [1.82, 2.24) is 9.78 Å². The second-order valence-electron chi connectivity index (χ2n) is 3.71. The number of thioether (sulfide) groups is 1. The molecule has 3 nitrogen and oxygen atoms in total. The second-order valence-corrected chi connectivity index (χ2v) is 4.67. The van der Waals surface area contributed by atoms with Crippen LogP contribution in [0.1, 0.15) is 11.1 Å². The fraction of sp³-hybridized carbons (Fsp3) is 0.231. The van der Waals surface area contributed by atoms with Crippen LogP contribution in [0.15, 0.2) is 41.6 Å². The Morgan fingerprint density at radius 3 is 2.82 bits per heavy atom. The molecular formula is C13H13N3S. The molecule has 0 aliphatic heterocycles. The molecule has 0 saturated carbocycles. The molecule has 0 atom stereocenters. The average molecular weight is 243 g/mol. The van der Waals surface area contributed by atoms with Crippen LogP contribution in [0.5, 0.6) is 0 Å². The van der Waals surface area contributed by atoms with Gasteiger partial charge in [-0.15, -0.1) is 11.8 Å². The lowest BCUT2D eigenvalue weighted by Crippen LogP contribution is -1.94. The third-order valence-corrected chi connectivity index (χ3v) is 3.72. The normalized spacial score (nSPS) is 10.1. The molecule has 2 aromatic rings. The SMILES string of the molecule is Cn1ncc(CC#N)c1SCc1ccccc1. The fourth-order valence-electron chi connectivity index (χ4n) is 1.59. The molecule has 4 heteroatoms. The van der Waals surface area contributed by atoms with E-state index in [2.05, 4.69) is 23.3 Å². The van der Waals surface area contributed by atoms with Gasteiger partial charge in [0.05, 0.1) is 23.7 Å². The van der Waals surface area contributed by atoms with Crippen molar-refractivity contribution in [2.24, 2.45) is 7.05 Å². The minimum Gasteiger partial charge on any atom is -0.262 e. The summed E-state index contributed by atoms with van der Waals surface area (Å²) in [6, 6.07) is 12.5. The molecule has 86 valence electrons. The van der Waals surface area contributed by atoms with Gasteiger partial charge in [-0.2, -0.15) is 10.4 Å². The molecule has 0 fully saturated rings. The fourth-order valence-corrected chi connectivity index (χ4v) is 2.63. The molecule has 0 spiro atoms. The Morgan fingerprint density at radius 1 is 1.35 bits per heavy atom. The van der Waals surface area contributed by atoms with E-state index in [0.717, 1.165) is 16.3 Å². The molecule has 1 aromatic heterocycles. The second kappa shape index (κ2) is 5.55. The maximum atomic E-state index is 8.74. The Hall–Kier alpha value is -1.73. The molecule has 0 radical (unpaired) electrons. The first-order valence-corrected chi connectivity index (χ1v) is 6.34. The summed E-state index contributed by atoms with van der Waals surface area (Å²) < 4.78 is 1.83. The van der Waals surface area contributed by atoms with E-state index in [1.807, 2.05) is 29.9 Å². The Bertz CT molecular complexity index is 525. The molecule has 17 heavy (non-hydrogen) atoms. The van der Waals surface area contributed by atoms with Crippen molar-refractivity contribution in [3.8, 4) is 6.07 Å². The van der Waals surface area contributed by atoms with Crippen molar-refractivity contribution in [2.45, 2.75) is 17.2 Å². The van der Waals surface area contributed by atoms with Crippen molar-refractivity contribution in [1.29, 1.82) is 5.26 Å². The van der Waals surface area contributed by atoms with Gasteiger partial charge in [0.1, 0.15) is 0 Å². The van der Waals surface area contributed by atoms with Gasteiger partial charge in [0.15, 0.2) is 0 Å². The average Bonchev–Trinajstić information content (AvgIpc) is 2.70. The summed E-state index contributed by atoms with van der Waals surface area (Å²) in [6.07, 6.45) is 2.20. The number of nitrogens with zero attached hydrogens (tertiary/aromatic N) is 3. The zero-order chi connectivity index (χ0) is 12.1. The van der Waals surface area contributed by atoms with E-state index in [1.165, 1.54) is 5.56 Å². The van der Waals surface area contributed by atoms with Crippen LogP contribution in [0.4, 0.5) is 0 Å². The lowest BCUT2D eigenvalue weighted by atomic mass is 10.2. The molecule has 0 amide bonds. The summed E-state index contributed by atoms with van der Waals surface area (Å²) >= 11 is 1.72. The van der Waals surface area contributed by atoms with E-state index in [4.69, 9.17) is 5.26 Å². The van der Waals surface area contributed by atoms with E-state index in [1.54, 1.807) is 18.0 Å². The van der Waals surface area contributed by atoms with Crippen LogP contribution in [-0.4, -0.2) is 9.78 Å². The highest BCUT2D eigenvalue weighted by molar-refractivity contribution is 7.98. The number of aryl methyl sites for hydroxylation is 1. The number of benzene rings is 1. The number of rotatable bonds is 4. The van der Waals surface area contributed by atoms with E-state index < -0.39 is 0 Å². The number of nitriles is 1. The molecule has 0 N–H and O–H groups in total. The first kappa shape index (κ1) is 11.7. The summed E-state index contributed by atoms with van der Waals surface area (Å²) in [7, 11) is 1.91. The third-order valence-electron chi connectivity index (χ3n) is 2.44. The van der Waals surface area contributed by atoms with E-state index in [9.17, 15) is 0 Å². The van der Waals surface area contributed by atoms with Gasteiger partial charge < -0.3 is 0 Å². The molecule has 1 aromatic carbocycles. The highest BCUT2D eigenvalue weighted by Crippen LogP contribution is 2.25. The van der Waals surface area contributed by atoms with Crippen LogP contribution in [0.3, 0.4) is 0 Å². The molecular weight excluding hydrogens is 230 g/mol. The summed E-state index contributed by atoms with van der Waals surface area (Å²) in [5, 5.41) is 14.0. The maximum Gasteiger partial charge on any atom is 0.0982 e. The van der Waals surface area contributed by atoms with Crippen LogP contribution in [0, 0.1) is 11.3 Å². The predicted octanol–water partition coefficient (Wildman–Crippen LogP) is 2.78. The van der Waals surface area contributed by atoms with Gasteiger partial charge in [-0.3, -0.25) is 4.68 Å². The van der Waals surface area contributed by atoms with Crippen LogP contribution < -0.4 is 0 Å². The van der Waals surface area contributed by atoms with Crippen LogP contribution in [0.25, 0.3) is 0 Å². The van der Waals surface area contributed by atoms with Gasteiger partial charge in [0.25, 0.3) is 0 Å². The molecule has 0 aliphatic carbocycles. The molecule has 0 aliphatic rings. The first-order valence-electron chi connectivity index (χ1n) is 5.36. The Balaban J connectivity index is 2.09. The molecule has 1 heterocycles. The standard InChI is InChI=1S/C13H13N3S/c1-16-13(12(7-8-14)9-15-16)17-10-11-5-3-2-4-6-11/h2-6,9H,7,10H2,1H3. The third kappa shape index (κ3) is 2.89. The van der Waals surface area contributed by atoms with Gasteiger partial charge in [-0.25, -0.2) is 0 Å². The summed E-state index contributed by atoms with van der Waals surface area (Å²) in [4.78, 5) is 0. The predicted molar refractivity (Wildman–Crippen MR) is 68.5 cm³/mol. The van der Waals surface area contributed by atoms with Crippen molar-refractivity contribution in [3.63, 3.8) is 0 Å².